The monoisotopic (exact) mass is 441 g/mol. The van der Waals surface area contributed by atoms with Gasteiger partial charge in [0.2, 0.25) is 5.91 Å². The Hall–Kier alpha value is -3.46. The Balaban J connectivity index is 1.47. The molecule has 0 unspecified atom stereocenters. The van der Waals surface area contributed by atoms with Crippen molar-refractivity contribution in [2.75, 3.05) is 10.0 Å². The SMILES string of the molecule is Cc1noc(/C=C\c2ccc(S(=O)(=O)Nc3ccc(F)cc3)cc2)c1NC(=O)C1CC1. The first-order valence-electron chi connectivity index (χ1n) is 9.65. The highest BCUT2D eigenvalue weighted by Gasteiger charge is 2.30. The van der Waals surface area contributed by atoms with Crippen LogP contribution in [-0.4, -0.2) is 19.5 Å². The lowest BCUT2D eigenvalue weighted by Crippen LogP contribution is -2.14. The standard InChI is InChI=1S/C22H20FN3O4S/c1-14-21(24-22(27)16-5-6-16)20(30-25-14)13-4-15-2-11-19(12-3-15)31(28,29)26-18-9-7-17(23)8-10-18/h2-4,7-13,16,26H,5-6H2,1H3,(H,24,27)/b13-4-. The predicted molar refractivity (Wildman–Crippen MR) is 115 cm³/mol. The molecular weight excluding hydrogens is 421 g/mol. The number of rotatable bonds is 7. The number of aromatic nitrogens is 1. The van der Waals surface area contributed by atoms with Gasteiger partial charge in [0, 0.05) is 11.6 Å². The third kappa shape index (κ3) is 5.00. The van der Waals surface area contributed by atoms with Crippen molar-refractivity contribution in [1.29, 1.82) is 0 Å². The molecule has 0 bridgehead atoms. The van der Waals surface area contributed by atoms with E-state index in [1.807, 2.05) is 0 Å². The molecule has 4 rings (SSSR count). The lowest BCUT2D eigenvalue weighted by molar-refractivity contribution is -0.117. The van der Waals surface area contributed by atoms with Crippen LogP contribution in [0.5, 0.6) is 0 Å². The topological polar surface area (TPSA) is 101 Å². The minimum atomic E-state index is -3.80. The molecule has 3 aromatic rings. The maximum Gasteiger partial charge on any atom is 0.261 e. The van der Waals surface area contributed by atoms with Crippen molar-refractivity contribution >= 4 is 39.5 Å². The van der Waals surface area contributed by atoms with Gasteiger partial charge in [0.1, 0.15) is 17.2 Å². The average Bonchev–Trinajstić information content (AvgIpc) is 3.54. The van der Waals surface area contributed by atoms with Gasteiger partial charge in [-0.15, -0.1) is 0 Å². The molecule has 1 saturated carbocycles. The van der Waals surface area contributed by atoms with E-state index < -0.39 is 15.8 Å². The summed E-state index contributed by atoms with van der Waals surface area (Å²) in [4.78, 5) is 12.1. The minimum Gasteiger partial charge on any atom is -0.354 e. The zero-order chi connectivity index (χ0) is 22.0. The van der Waals surface area contributed by atoms with Crippen LogP contribution in [0.3, 0.4) is 0 Å². The molecule has 0 spiro atoms. The third-order valence-corrected chi connectivity index (χ3v) is 6.20. The number of anilines is 2. The van der Waals surface area contributed by atoms with Crippen LogP contribution < -0.4 is 10.0 Å². The Labute approximate surface area is 179 Å². The number of halogens is 1. The first kappa shape index (κ1) is 20.8. The normalized spacial score (nSPS) is 14.0. The maximum atomic E-state index is 13.0. The van der Waals surface area contributed by atoms with E-state index in [0.717, 1.165) is 18.4 Å². The highest BCUT2D eigenvalue weighted by Crippen LogP contribution is 2.32. The van der Waals surface area contributed by atoms with Gasteiger partial charge in [-0.05, 0) is 67.8 Å². The van der Waals surface area contributed by atoms with Crippen LogP contribution in [0.15, 0.2) is 57.9 Å². The number of sulfonamides is 1. The van der Waals surface area contributed by atoms with Gasteiger partial charge in [-0.2, -0.15) is 0 Å². The number of nitrogens with one attached hydrogen (secondary N) is 2. The van der Waals surface area contributed by atoms with Crippen LogP contribution in [-0.2, 0) is 14.8 Å². The first-order chi connectivity index (χ1) is 14.8. The Morgan fingerprint density at radius 2 is 1.77 bits per heavy atom. The third-order valence-electron chi connectivity index (χ3n) is 4.80. The highest BCUT2D eigenvalue weighted by atomic mass is 32.2. The summed E-state index contributed by atoms with van der Waals surface area (Å²) >= 11 is 0. The molecule has 1 aliphatic rings. The fourth-order valence-corrected chi connectivity index (χ4v) is 3.94. The number of hydrogen-bond donors (Lipinski definition) is 2. The molecule has 7 nitrogen and oxygen atoms in total. The molecule has 160 valence electrons. The maximum absolute atomic E-state index is 13.0. The Kier molecular flexibility index (Phi) is 5.60. The summed E-state index contributed by atoms with van der Waals surface area (Å²) in [5, 5.41) is 6.76. The molecule has 1 aromatic heterocycles. The first-order valence-corrected chi connectivity index (χ1v) is 11.1. The van der Waals surface area contributed by atoms with Gasteiger partial charge < -0.3 is 9.84 Å². The van der Waals surface area contributed by atoms with E-state index >= 15 is 0 Å². The fraction of sp³-hybridized carbons (Fsp3) is 0.182. The van der Waals surface area contributed by atoms with Crippen molar-refractivity contribution in [2.24, 2.45) is 5.92 Å². The van der Waals surface area contributed by atoms with Gasteiger partial charge in [-0.3, -0.25) is 9.52 Å². The molecule has 9 heteroatoms. The molecule has 31 heavy (non-hydrogen) atoms. The van der Waals surface area contributed by atoms with Crippen LogP contribution in [0, 0.1) is 18.7 Å². The van der Waals surface area contributed by atoms with Crippen molar-refractivity contribution in [3.8, 4) is 0 Å². The summed E-state index contributed by atoms with van der Waals surface area (Å²) in [7, 11) is -3.80. The molecule has 0 saturated heterocycles. The second kappa shape index (κ2) is 8.35. The Morgan fingerprint density at radius 1 is 1.10 bits per heavy atom. The van der Waals surface area contributed by atoms with E-state index in [0.29, 0.717) is 17.1 Å². The zero-order valence-corrected chi connectivity index (χ0v) is 17.4. The second-order valence-corrected chi connectivity index (χ2v) is 8.97. The minimum absolute atomic E-state index is 0.0378. The van der Waals surface area contributed by atoms with Gasteiger partial charge in [0.15, 0.2) is 5.76 Å². The molecule has 1 fully saturated rings. The van der Waals surface area contributed by atoms with Crippen molar-refractivity contribution < 1.29 is 22.1 Å². The van der Waals surface area contributed by atoms with E-state index in [4.69, 9.17) is 4.52 Å². The predicted octanol–water partition coefficient (Wildman–Crippen LogP) is 4.44. The van der Waals surface area contributed by atoms with E-state index in [1.165, 1.54) is 36.4 Å². The number of amides is 1. The van der Waals surface area contributed by atoms with Gasteiger partial charge >= 0.3 is 0 Å². The van der Waals surface area contributed by atoms with Crippen molar-refractivity contribution in [2.45, 2.75) is 24.7 Å². The molecule has 0 aliphatic heterocycles. The van der Waals surface area contributed by atoms with Crippen LogP contribution >= 0.6 is 0 Å². The molecular formula is C22H20FN3O4S. The number of nitrogens with zero attached hydrogens (tertiary/aromatic N) is 1. The van der Waals surface area contributed by atoms with Gasteiger partial charge in [-0.1, -0.05) is 23.4 Å². The van der Waals surface area contributed by atoms with Crippen LogP contribution in [0.4, 0.5) is 15.8 Å². The lowest BCUT2D eigenvalue weighted by Gasteiger charge is -2.08. The van der Waals surface area contributed by atoms with Crippen LogP contribution in [0.2, 0.25) is 0 Å². The smallest absolute Gasteiger partial charge is 0.261 e. The molecule has 0 radical (unpaired) electrons. The summed E-state index contributed by atoms with van der Waals surface area (Å²) in [5.41, 5.74) is 2.12. The zero-order valence-electron chi connectivity index (χ0n) is 16.6. The summed E-state index contributed by atoms with van der Waals surface area (Å²) in [6.07, 6.45) is 5.19. The van der Waals surface area contributed by atoms with Gasteiger partial charge in [0.05, 0.1) is 4.90 Å². The van der Waals surface area contributed by atoms with Gasteiger partial charge in [0.25, 0.3) is 10.0 Å². The number of hydrogen-bond acceptors (Lipinski definition) is 5. The summed E-state index contributed by atoms with van der Waals surface area (Å²) in [6, 6.07) is 11.3. The molecule has 0 atom stereocenters. The van der Waals surface area contributed by atoms with E-state index in [9.17, 15) is 17.6 Å². The Bertz CT molecular complexity index is 1230. The largest absolute Gasteiger partial charge is 0.354 e. The average molecular weight is 441 g/mol. The number of carbonyl (C=O) groups is 1. The number of benzene rings is 2. The lowest BCUT2D eigenvalue weighted by atomic mass is 10.2. The fourth-order valence-electron chi connectivity index (χ4n) is 2.89. The summed E-state index contributed by atoms with van der Waals surface area (Å²) < 4.78 is 45.7. The van der Waals surface area contributed by atoms with Crippen LogP contribution in [0.1, 0.15) is 29.9 Å². The number of aryl methyl sites for hydroxylation is 1. The van der Waals surface area contributed by atoms with E-state index in [2.05, 4.69) is 15.2 Å². The van der Waals surface area contributed by atoms with Crippen molar-refractivity contribution in [1.82, 2.24) is 5.16 Å². The second-order valence-electron chi connectivity index (χ2n) is 7.29. The summed E-state index contributed by atoms with van der Waals surface area (Å²) in [6.45, 7) is 1.75. The molecule has 1 amide bonds. The van der Waals surface area contributed by atoms with Crippen molar-refractivity contribution in [3.63, 3.8) is 0 Å². The van der Waals surface area contributed by atoms with Gasteiger partial charge in [-0.25, -0.2) is 12.8 Å². The van der Waals surface area contributed by atoms with E-state index in [1.54, 1.807) is 31.2 Å². The molecule has 2 N–H and O–H groups in total. The molecule has 2 aromatic carbocycles. The van der Waals surface area contributed by atoms with E-state index in [-0.39, 0.29) is 22.4 Å². The highest BCUT2D eigenvalue weighted by molar-refractivity contribution is 7.92. The molecule has 1 heterocycles. The quantitative estimate of drug-likeness (QED) is 0.564. The summed E-state index contributed by atoms with van der Waals surface area (Å²) in [5.74, 6) is -0.00854. The number of carbonyl (C=O) groups excluding carboxylic acids is 1. The molecule has 1 aliphatic carbocycles. The van der Waals surface area contributed by atoms with Crippen molar-refractivity contribution in [3.05, 3.63) is 71.4 Å². The van der Waals surface area contributed by atoms with Crippen LogP contribution in [0.25, 0.3) is 12.2 Å². The Morgan fingerprint density at radius 3 is 2.42 bits per heavy atom.